The highest BCUT2D eigenvalue weighted by Crippen LogP contribution is 2.12. The van der Waals surface area contributed by atoms with Crippen molar-refractivity contribution >= 4 is 17.9 Å². The summed E-state index contributed by atoms with van der Waals surface area (Å²) in [5.41, 5.74) is 1.33. The maximum absolute atomic E-state index is 10.0. The molecule has 0 aliphatic heterocycles. The van der Waals surface area contributed by atoms with Crippen LogP contribution in [-0.4, -0.2) is 11.5 Å². The Bertz CT molecular complexity index is 290. The number of benzene rings is 1. The van der Waals surface area contributed by atoms with Crippen LogP contribution in [0.25, 0.3) is 5.76 Å². The fourth-order valence-corrected chi connectivity index (χ4v) is 0.827. The van der Waals surface area contributed by atoms with E-state index in [1.54, 1.807) is 24.3 Å². The molecule has 0 saturated heterocycles. The van der Waals surface area contributed by atoms with Crippen molar-refractivity contribution in [3.05, 3.63) is 36.4 Å². The average Bonchev–Trinajstić information content (AvgIpc) is 2.06. The summed E-state index contributed by atoms with van der Waals surface area (Å²) in [5, 5.41) is 11.4. The maximum atomic E-state index is 10.0. The molecule has 0 atom stereocenters. The Kier molecular flexibility index (Phi) is 2.48. The monoisotopic (exact) mass is 163 g/mol. The number of nitrogens with one attached hydrogen (secondary N) is 1. The fourth-order valence-electron chi connectivity index (χ4n) is 0.827. The van der Waals surface area contributed by atoms with Gasteiger partial charge in [0, 0.05) is 11.3 Å². The summed E-state index contributed by atoms with van der Waals surface area (Å²) in [6, 6.07) is 6.72. The first kappa shape index (κ1) is 8.33. The van der Waals surface area contributed by atoms with E-state index >= 15 is 0 Å². The second-order valence-corrected chi connectivity index (χ2v) is 2.29. The summed E-state index contributed by atoms with van der Waals surface area (Å²) >= 11 is 0. The molecule has 0 unspecified atom stereocenters. The van der Waals surface area contributed by atoms with Crippen LogP contribution in [0.1, 0.15) is 5.56 Å². The number of anilines is 1. The minimum absolute atomic E-state index is 0.0210. The highest BCUT2D eigenvalue weighted by molar-refractivity contribution is 5.72. The number of hydrogen-bond acceptors (Lipinski definition) is 2. The van der Waals surface area contributed by atoms with Gasteiger partial charge in [0.1, 0.15) is 5.76 Å². The van der Waals surface area contributed by atoms with Gasteiger partial charge in [-0.25, -0.2) is 0 Å². The minimum Gasteiger partial charge on any atom is -0.508 e. The standard InChI is InChI=1S/C9H9NO2/c1-7(12)8-2-4-9(5-3-8)10-6-11/h2-6,12H,1H2,(H,10,11). The van der Waals surface area contributed by atoms with Crippen molar-refractivity contribution in [3.8, 4) is 0 Å². The van der Waals surface area contributed by atoms with E-state index in [2.05, 4.69) is 11.9 Å². The summed E-state index contributed by atoms with van der Waals surface area (Å²) in [6.45, 7) is 3.37. The van der Waals surface area contributed by atoms with Crippen LogP contribution in [-0.2, 0) is 4.79 Å². The Morgan fingerprint density at radius 1 is 1.42 bits per heavy atom. The molecule has 3 heteroatoms. The molecular weight excluding hydrogens is 154 g/mol. The van der Waals surface area contributed by atoms with E-state index in [4.69, 9.17) is 5.11 Å². The molecule has 2 N–H and O–H groups in total. The van der Waals surface area contributed by atoms with Crippen LogP contribution < -0.4 is 5.32 Å². The Hall–Kier alpha value is -1.77. The van der Waals surface area contributed by atoms with Crippen LogP contribution in [0.5, 0.6) is 0 Å². The summed E-state index contributed by atoms with van der Waals surface area (Å²) in [7, 11) is 0. The molecule has 0 bridgehead atoms. The summed E-state index contributed by atoms with van der Waals surface area (Å²) < 4.78 is 0. The van der Waals surface area contributed by atoms with Gasteiger partial charge in [-0.1, -0.05) is 6.58 Å². The van der Waals surface area contributed by atoms with Crippen molar-refractivity contribution in [2.45, 2.75) is 0 Å². The molecule has 0 aromatic heterocycles. The van der Waals surface area contributed by atoms with E-state index in [0.717, 1.165) is 0 Å². The van der Waals surface area contributed by atoms with E-state index in [9.17, 15) is 4.79 Å². The molecule has 3 nitrogen and oxygen atoms in total. The third-order valence-electron chi connectivity index (χ3n) is 1.44. The van der Waals surface area contributed by atoms with Crippen molar-refractivity contribution < 1.29 is 9.90 Å². The molecule has 62 valence electrons. The SMILES string of the molecule is C=C(O)c1ccc(NC=O)cc1. The minimum atomic E-state index is 0.0210. The van der Waals surface area contributed by atoms with E-state index in [0.29, 0.717) is 17.7 Å². The fraction of sp³-hybridized carbons (Fsp3) is 0. The number of carbonyl (C=O) groups is 1. The zero-order valence-electron chi connectivity index (χ0n) is 6.45. The quantitative estimate of drug-likeness (QED) is 0.527. The van der Waals surface area contributed by atoms with Gasteiger partial charge in [0.25, 0.3) is 0 Å². The van der Waals surface area contributed by atoms with Gasteiger partial charge >= 0.3 is 0 Å². The van der Waals surface area contributed by atoms with Gasteiger partial charge in [-0.05, 0) is 24.3 Å². The highest BCUT2D eigenvalue weighted by Gasteiger charge is 1.94. The number of carbonyl (C=O) groups excluding carboxylic acids is 1. The Labute approximate surface area is 70.3 Å². The summed E-state index contributed by atoms with van der Waals surface area (Å²) in [5.74, 6) is 0.0210. The van der Waals surface area contributed by atoms with Crippen LogP contribution in [0.2, 0.25) is 0 Å². The number of rotatable bonds is 3. The molecule has 1 aromatic rings. The molecule has 1 aromatic carbocycles. The smallest absolute Gasteiger partial charge is 0.211 e. The summed E-state index contributed by atoms with van der Waals surface area (Å²) in [4.78, 5) is 10.0. The van der Waals surface area contributed by atoms with Crippen molar-refractivity contribution in [1.29, 1.82) is 0 Å². The molecule has 1 rings (SSSR count). The molecule has 0 fully saturated rings. The van der Waals surface area contributed by atoms with Crippen LogP contribution in [0.4, 0.5) is 5.69 Å². The normalized spacial score (nSPS) is 9.00. The van der Waals surface area contributed by atoms with E-state index in [1.165, 1.54) is 0 Å². The van der Waals surface area contributed by atoms with Crippen LogP contribution in [0.3, 0.4) is 0 Å². The van der Waals surface area contributed by atoms with Gasteiger partial charge in [-0.3, -0.25) is 4.79 Å². The second kappa shape index (κ2) is 3.57. The second-order valence-electron chi connectivity index (χ2n) is 2.29. The lowest BCUT2D eigenvalue weighted by molar-refractivity contribution is -0.105. The van der Waals surface area contributed by atoms with Gasteiger partial charge in [-0.2, -0.15) is 0 Å². The van der Waals surface area contributed by atoms with Crippen LogP contribution in [0, 0.1) is 0 Å². The van der Waals surface area contributed by atoms with Gasteiger partial charge < -0.3 is 10.4 Å². The third kappa shape index (κ3) is 1.85. The molecule has 0 radical (unpaired) electrons. The zero-order valence-corrected chi connectivity index (χ0v) is 6.45. The molecule has 0 saturated carbocycles. The van der Waals surface area contributed by atoms with Crippen molar-refractivity contribution in [1.82, 2.24) is 0 Å². The highest BCUT2D eigenvalue weighted by atomic mass is 16.3. The lowest BCUT2D eigenvalue weighted by Crippen LogP contribution is -1.93. The molecule has 12 heavy (non-hydrogen) atoms. The zero-order chi connectivity index (χ0) is 8.97. The predicted molar refractivity (Wildman–Crippen MR) is 47.8 cm³/mol. The first-order chi connectivity index (χ1) is 5.74. The molecule has 1 amide bonds. The number of aliphatic hydroxyl groups is 1. The first-order valence-corrected chi connectivity index (χ1v) is 3.42. The molecule has 0 aliphatic carbocycles. The Balaban J connectivity index is 2.85. The van der Waals surface area contributed by atoms with Gasteiger partial charge in [-0.15, -0.1) is 0 Å². The number of hydrogen-bond donors (Lipinski definition) is 2. The van der Waals surface area contributed by atoms with Gasteiger partial charge in [0.2, 0.25) is 6.41 Å². The largest absolute Gasteiger partial charge is 0.508 e. The van der Waals surface area contributed by atoms with Gasteiger partial charge in [0.05, 0.1) is 0 Å². The third-order valence-corrected chi connectivity index (χ3v) is 1.44. The van der Waals surface area contributed by atoms with E-state index < -0.39 is 0 Å². The number of amides is 1. The Morgan fingerprint density at radius 2 is 2.00 bits per heavy atom. The Morgan fingerprint density at radius 3 is 2.42 bits per heavy atom. The lowest BCUT2D eigenvalue weighted by atomic mass is 10.2. The lowest BCUT2D eigenvalue weighted by Gasteiger charge is -2.00. The van der Waals surface area contributed by atoms with E-state index in [-0.39, 0.29) is 5.76 Å². The van der Waals surface area contributed by atoms with Crippen LogP contribution >= 0.6 is 0 Å². The van der Waals surface area contributed by atoms with Crippen LogP contribution in [0.15, 0.2) is 30.8 Å². The molecule has 0 spiro atoms. The van der Waals surface area contributed by atoms with Crippen molar-refractivity contribution in [3.63, 3.8) is 0 Å². The topological polar surface area (TPSA) is 49.3 Å². The molecular formula is C9H9NO2. The first-order valence-electron chi connectivity index (χ1n) is 3.42. The predicted octanol–water partition coefficient (Wildman–Crippen LogP) is 1.78. The maximum Gasteiger partial charge on any atom is 0.211 e. The van der Waals surface area contributed by atoms with Crippen molar-refractivity contribution in [2.24, 2.45) is 0 Å². The average molecular weight is 163 g/mol. The van der Waals surface area contributed by atoms with Gasteiger partial charge in [0.15, 0.2) is 0 Å². The number of aliphatic hydroxyl groups excluding tert-OH is 1. The summed E-state index contributed by atoms with van der Waals surface area (Å²) in [6.07, 6.45) is 0.600. The molecule has 0 heterocycles. The van der Waals surface area contributed by atoms with E-state index in [1.807, 2.05) is 0 Å². The van der Waals surface area contributed by atoms with Crippen molar-refractivity contribution in [2.75, 3.05) is 5.32 Å². The molecule has 0 aliphatic rings.